The molecule has 0 radical (unpaired) electrons. The highest BCUT2D eigenvalue weighted by molar-refractivity contribution is 5.93. The van der Waals surface area contributed by atoms with E-state index in [-0.39, 0.29) is 0 Å². The SMILES string of the molecule is CC1=C(c2ccc(O)cc2)C(CCCCCCN2CCCCC2)Cc2cc(O)ccc21. The van der Waals surface area contributed by atoms with E-state index >= 15 is 0 Å². The van der Waals surface area contributed by atoms with Gasteiger partial charge in [-0.3, -0.25) is 0 Å². The third-order valence-electron chi connectivity index (χ3n) is 7.18. The molecule has 2 aromatic rings. The smallest absolute Gasteiger partial charge is 0.115 e. The van der Waals surface area contributed by atoms with Crippen molar-refractivity contribution in [1.29, 1.82) is 0 Å². The van der Waals surface area contributed by atoms with Crippen LogP contribution in [0.15, 0.2) is 42.5 Å². The monoisotopic (exact) mass is 419 g/mol. The summed E-state index contributed by atoms with van der Waals surface area (Å²) in [6.07, 6.45) is 11.5. The molecule has 0 amide bonds. The maximum atomic E-state index is 10.0. The van der Waals surface area contributed by atoms with Gasteiger partial charge in [-0.25, -0.2) is 0 Å². The first kappa shape index (κ1) is 22.0. The van der Waals surface area contributed by atoms with Crippen LogP contribution in [0.25, 0.3) is 11.1 Å². The van der Waals surface area contributed by atoms with Crippen LogP contribution in [-0.2, 0) is 6.42 Å². The van der Waals surface area contributed by atoms with E-state index in [2.05, 4.69) is 17.9 Å². The molecule has 3 heteroatoms. The molecule has 1 unspecified atom stereocenters. The van der Waals surface area contributed by atoms with Crippen molar-refractivity contribution in [2.75, 3.05) is 19.6 Å². The van der Waals surface area contributed by atoms with Gasteiger partial charge in [0.1, 0.15) is 11.5 Å². The first-order valence-electron chi connectivity index (χ1n) is 12.2. The third kappa shape index (κ3) is 5.51. The zero-order valence-electron chi connectivity index (χ0n) is 18.9. The lowest BCUT2D eigenvalue weighted by Crippen LogP contribution is -2.30. The number of likely N-dealkylation sites (tertiary alicyclic amines) is 1. The molecule has 1 aliphatic carbocycles. The molecular formula is C28H37NO2. The van der Waals surface area contributed by atoms with Crippen LogP contribution in [-0.4, -0.2) is 34.7 Å². The predicted molar refractivity (Wildman–Crippen MR) is 129 cm³/mol. The predicted octanol–water partition coefficient (Wildman–Crippen LogP) is 6.64. The fourth-order valence-electron chi connectivity index (χ4n) is 5.54. The van der Waals surface area contributed by atoms with Gasteiger partial charge in [0.15, 0.2) is 0 Å². The zero-order chi connectivity index (χ0) is 21.6. The molecule has 166 valence electrons. The van der Waals surface area contributed by atoms with Gasteiger partial charge in [-0.2, -0.15) is 0 Å². The molecule has 1 aliphatic heterocycles. The second-order valence-corrected chi connectivity index (χ2v) is 9.43. The molecule has 0 aromatic heterocycles. The highest BCUT2D eigenvalue weighted by Crippen LogP contribution is 2.43. The van der Waals surface area contributed by atoms with Crippen molar-refractivity contribution in [2.45, 2.75) is 64.7 Å². The van der Waals surface area contributed by atoms with Crippen molar-refractivity contribution < 1.29 is 10.2 Å². The molecule has 31 heavy (non-hydrogen) atoms. The van der Waals surface area contributed by atoms with E-state index in [1.54, 1.807) is 18.2 Å². The molecule has 1 fully saturated rings. The zero-order valence-corrected chi connectivity index (χ0v) is 18.9. The van der Waals surface area contributed by atoms with Crippen molar-refractivity contribution in [3.63, 3.8) is 0 Å². The number of phenolic OH excluding ortho intramolecular Hbond substituents is 2. The van der Waals surface area contributed by atoms with E-state index in [1.807, 2.05) is 18.2 Å². The number of unbranched alkanes of at least 4 members (excludes halogenated alkanes) is 3. The summed E-state index contributed by atoms with van der Waals surface area (Å²) in [7, 11) is 0. The van der Waals surface area contributed by atoms with E-state index in [4.69, 9.17) is 0 Å². The van der Waals surface area contributed by atoms with Gasteiger partial charge in [-0.15, -0.1) is 0 Å². The summed E-state index contributed by atoms with van der Waals surface area (Å²) in [5.41, 5.74) is 6.44. The van der Waals surface area contributed by atoms with Gasteiger partial charge < -0.3 is 15.1 Å². The minimum Gasteiger partial charge on any atom is -0.508 e. The number of hydrogen-bond acceptors (Lipinski definition) is 3. The maximum Gasteiger partial charge on any atom is 0.115 e. The number of fused-ring (bicyclic) bond motifs is 1. The maximum absolute atomic E-state index is 10.0. The molecule has 2 aromatic carbocycles. The van der Waals surface area contributed by atoms with Crippen LogP contribution in [0.1, 0.15) is 75.0 Å². The Morgan fingerprint density at radius 2 is 1.55 bits per heavy atom. The molecule has 2 N–H and O–H groups in total. The molecule has 4 rings (SSSR count). The molecular weight excluding hydrogens is 382 g/mol. The number of benzene rings is 2. The first-order chi connectivity index (χ1) is 15.1. The second kappa shape index (κ2) is 10.4. The number of allylic oxidation sites excluding steroid dienone is 2. The first-order valence-corrected chi connectivity index (χ1v) is 12.2. The number of rotatable bonds is 8. The van der Waals surface area contributed by atoms with E-state index in [0.717, 1.165) is 6.42 Å². The quantitative estimate of drug-likeness (QED) is 0.472. The van der Waals surface area contributed by atoms with Gasteiger partial charge in [0.2, 0.25) is 0 Å². The lowest BCUT2D eigenvalue weighted by atomic mass is 9.74. The van der Waals surface area contributed by atoms with Crippen LogP contribution in [0, 0.1) is 5.92 Å². The van der Waals surface area contributed by atoms with Crippen molar-refractivity contribution in [3.8, 4) is 11.5 Å². The minimum absolute atomic E-state index is 0.313. The number of nitrogens with zero attached hydrogens (tertiary/aromatic N) is 1. The van der Waals surface area contributed by atoms with E-state index in [9.17, 15) is 10.2 Å². The number of aromatic hydroxyl groups is 2. The third-order valence-corrected chi connectivity index (χ3v) is 7.18. The second-order valence-electron chi connectivity index (χ2n) is 9.43. The Morgan fingerprint density at radius 3 is 2.32 bits per heavy atom. The Balaban J connectivity index is 1.40. The molecule has 0 saturated carbocycles. The number of hydrogen-bond donors (Lipinski definition) is 2. The molecule has 1 atom stereocenters. The fourth-order valence-corrected chi connectivity index (χ4v) is 5.54. The van der Waals surface area contributed by atoms with Gasteiger partial charge in [0, 0.05) is 0 Å². The average Bonchev–Trinajstić information content (AvgIpc) is 2.78. The molecule has 0 spiro atoms. The summed E-state index contributed by atoms with van der Waals surface area (Å²) in [5.74, 6) is 1.13. The van der Waals surface area contributed by atoms with Gasteiger partial charge >= 0.3 is 0 Å². The molecule has 1 saturated heterocycles. The Morgan fingerprint density at radius 1 is 0.839 bits per heavy atom. The van der Waals surface area contributed by atoms with Crippen LogP contribution in [0.3, 0.4) is 0 Å². The van der Waals surface area contributed by atoms with Crippen molar-refractivity contribution >= 4 is 11.1 Å². The summed E-state index contributed by atoms with van der Waals surface area (Å²) in [5, 5.41) is 19.8. The lowest BCUT2D eigenvalue weighted by molar-refractivity contribution is 0.224. The highest BCUT2D eigenvalue weighted by atomic mass is 16.3. The van der Waals surface area contributed by atoms with Gasteiger partial charge in [0.05, 0.1) is 0 Å². The van der Waals surface area contributed by atoms with E-state index in [0.29, 0.717) is 17.4 Å². The summed E-state index contributed by atoms with van der Waals surface area (Å²) in [6.45, 7) is 6.08. The Labute approximate surface area is 187 Å². The largest absolute Gasteiger partial charge is 0.508 e. The fraction of sp³-hybridized carbons (Fsp3) is 0.500. The molecule has 2 aliphatic rings. The molecule has 1 heterocycles. The van der Waals surface area contributed by atoms with Crippen LogP contribution in [0.4, 0.5) is 0 Å². The Bertz CT molecular complexity index is 894. The number of piperidine rings is 1. The van der Waals surface area contributed by atoms with E-state index < -0.39 is 0 Å². The highest BCUT2D eigenvalue weighted by Gasteiger charge is 2.26. The van der Waals surface area contributed by atoms with Gasteiger partial charge in [-0.1, -0.05) is 43.9 Å². The average molecular weight is 420 g/mol. The minimum atomic E-state index is 0.313. The van der Waals surface area contributed by atoms with E-state index in [1.165, 1.54) is 98.8 Å². The molecule has 3 nitrogen and oxygen atoms in total. The van der Waals surface area contributed by atoms with Crippen LogP contribution < -0.4 is 0 Å². The van der Waals surface area contributed by atoms with Crippen molar-refractivity contribution in [1.82, 2.24) is 4.90 Å². The summed E-state index contributed by atoms with van der Waals surface area (Å²) < 4.78 is 0. The molecule has 0 bridgehead atoms. The standard InChI is InChI=1S/C28H37NO2/c1-21-27-15-14-26(31)20-24(27)19-23(28(21)22-10-12-25(30)13-11-22)9-5-2-3-6-16-29-17-7-4-8-18-29/h10-15,20,23,30-31H,2-9,16-19H2,1H3. The van der Waals surface area contributed by atoms with Crippen LogP contribution in [0.5, 0.6) is 11.5 Å². The summed E-state index contributed by atoms with van der Waals surface area (Å²) in [6, 6.07) is 13.5. The van der Waals surface area contributed by atoms with Gasteiger partial charge in [-0.05, 0) is 117 Å². The Kier molecular flexibility index (Phi) is 7.34. The van der Waals surface area contributed by atoms with Gasteiger partial charge in [0.25, 0.3) is 0 Å². The van der Waals surface area contributed by atoms with Crippen LogP contribution >= 0.6 is 0 Å². The Hall–Kier alpha value is -2.26. The van der Waals surface area contributed by atoms with Crippen molar-refractivity contribution in [2.24, 2.45) is 5.92 Å². The number of phenols is 2. The van der Waals surface area contributed by atoms with Crippen LogP contribution in [0.2, 0.25) is 0 Å². The summed E-state index contributed by atoms with van der Waals surface area (Å²) in [4.78, 5) is 2.64. The normalized spacial score (nSPS) is 19.5. The van der Waals surface area contributed by atoms with Crippen molar-refractivity contribution in [3.05, 3.63) is 59.2 Å². The summed E-state index contributed by atoms with van der Waals surface area (Å²) >= 11 is 0. The lowest BCUT2D eigenvalue weighted by Gasteiger charge is -2.30. The topological polar surface area (TPSA) is 43.7 Å².